The largest absolute Gasteiger partial charge is 0.376 e. The molecule has 7 nitrogen and oxygen atoms in total. The molecular formula is C19H24ClN5O2S. The highest BCUT2D eigenvalue weighted by Gasteiger charge is 2.47. The second kappa shape index (κ2) is 7.67. The van der Waals surface area contributed by atoms with Crippen molar-refractivity contribution in [1.82, 2.24) is 15.0 Å². The van der Waals surface area contributed by atoms with Crippen molar-refractivity contribution in [2.24, 2.45) is 11.1 Å². The summed E-state index contributed by atoms with van der Waals surface area (Å²) in [7, 11) is 0. The lowest BCUT2D eigenvalue weighted by Gasteiger charge is -2.41. The Kier molecular flexibility index (Phi) is 5.39. The average Bonchev–Trinajstić information content (AvgIpc) is 2.95. The molecule has 0 saturated carbocycles. The van der Waals surface area contributed by atoms with Gasteiger partial charge in [0.1, 0.15) is 0 Å². The van der Waals surface area contributed by atoms with E-state index in [2.05, 4.69) is 15.0 Å². The number of rotatable bonds is 3. The van der Waals surface area contributed by atoms with E-state index < -0.39 is 0 Å². The predicted octanol–water partition coefficient (Wildman–Crippen LogP) is 2.61. The fourth-order valence-electron chi connectivity index (χ4n) is 4.01. The number of hydrogen-bond acceptors (Lipinski definition) is 7. The van der Waals surface area contributed by atoms with E-state index in [0.29, 0.717) is 22.5 Å². The van der Waals surface area contributed by atoms with Crippen molar-refractivity contribution in [1.29, 1.82) is 0 Å². The first-order valence-electron chi connectivity index (χ1n) is 9.40. The average molecular weight is 422 g/mol. The summed E-state index contributed by atoms with van der Waals surface area (Å²) in [5, 5.41) is 1.23. The Morgan fingerprint density at radius 1 is 1.39 bits per heavy atom. The molecule has 2 atom stereocenters. The zero-order valence-corrected chi connectivity index (χ0v) is 17.5. The smallest absolute Gasteiger partial charge is 0.291 e. The van der Waals surface area contributed by atoms with Crippen LogP contribution in [0.2, 0.25) is 5.02 Å². The van der Waals surface area contributed by atoms with Gasteiger partial charge in [-0.25, -0.2) is 4.98 Å². The van der Waals surface area contributed by atoms with E-state index in [4.69, 9.17) is 22.1 Å². The number of piperidine rings is 1. The molecular weight excluding hydrogens is 398 g/mol. The minimum absolute atomic E-state index is 0.0222. The third-order valence-corrected chi connectivity index (χ3v) is 7.47. The Labute approximate surface area is 173 Å². The standard InChI is InChI=1S/C19H24ClN5O2S/c1-11-15(20)13(3-6-22-11)28-14-9-23-17(18(26)24-14)25-7-4-19(5-8-25)10-27-12(2)16(19)21/h3,6,9,12,16H,4-5,7-8,10,21H2,1-2H3,(H,24,26)/t12-,16+/m0/s1. The molecule has 2 aromatic heterocycles. The number of nitrogens with zero attached hydrogens (tertiary/aromatic N) is 3. The summed E-state index contributed by atoms with van der Waals surface area (Å²) in [6, 6.07) is 1.87. The van der Waals surface area contributed by atoms with E-state index in [0.717, 1.165) is 36.5 Å². The Hall–Kier alpha value is -1.61. The number of ether oxygens (including phenoxy) is 1. The number of H-pyrrole nitrogens is 1. The van der Waals surface area contributed by atoms with Crippen molar-refractivity contribution >= 4 is 29.2 Å². The van der Waals surface area contributed by atoms with Crippen LogP contribution < -0.4 is 16.2 Å². The van der Waals surface area contributed by atoms with Gasteiger partial charge in [-0.3, -0.25) is 9.78 Å². The van der Waals surface area contributed by atoms with Gasteiger partial charge >= 0.3 is 0 Å². The molecule has 0 aliphatic carbocycles. The highest BCUT2D eigenvalue weighted by atomic mass is 35.5. The molecule has 3 N–H and O–H groups in total. The first-order valence-corrected chi connectivity index (χ1v) is 10.6. The Morgan fingerprint density at radius 2 is 2.14 bits per heavy atom. The van der Waals surface area contributed by atoms with Gasteiger partial charge in [0.05, 0.1) is 34.7 Å². The van der Waals surface area contributed by atoms with E-state index in [-0.39, 0.29) is 23.1 Å². The van der Waals surface area contributed by atoms with Gasteiger partial charge in [0.15, 0.2) is 5.82 Å². The zero-order valence-electron chi connectivity index (χ0n) is 15.9. The Bertz CT molecular complexity index is 929. The van der Waals surface area contributed by atoms with Crippen molar-refractivity contribution in [2.75, 3.05) is 24.6 Å². The molecule has 2 aliphatic heterocycles. The molecule has 1 spiro atoms. The number of nitrogens with two attached hydrogens (primary N) is 1. The molecule has 4 rings (SSSR count). The lowest BCUT2D eigenvalue weighted by Crippen LogP contribution is -2.51. The van der Waals surface area contributed by atoms with Gasteiger partial charge in [-0.2, -0.15) is 0 Å². The number of hydrogen-bond donors (Lipinski definition) is 2. The van der Waals surface area contributed by atoms with Crippen molar-refractivity contribution in [3.05, 3.63) is 39.5 Å². The highest BCUT2D eigenvalue weighted by Crippen LogP contribution is 2.41. The minimum Gasteiger partial charge on any atom is -0.376 e. The van der Waals surface area contributed by atoms with Gasteiger partial charge in [-0.05, 0) is 32.8 Å². The number of anilines is 1. The highest BCUT2D eigenvalue weighted by molar-refractivity contribution is 7.99. The quantitative estimate of drug-likeness (QED) is 0.786. The molecule has 0 bridgehead atoms. The molecule has 2 aromatic rings. The van der Waals surface area contributed by atoms with Crippen LogP contribution in [0.25, 0.3) is 0 Å². The maximum Gasteiger partial charge on any atom is 0.291 e. The first kappa shape index (κ1) is 19.7. The molecule has 2 aliphatic rings. The topological polar surface area (TPSA) is 97.1 Å². The summed E-state index contributed by atoms with van der Waals surface area (Å²) in [6.07, 6.45) is 5.28. The van der Waals surface area contributed by atoms with Crippen LogP contribution >= 0.6 is 23.4 Å². The van der Waals surface area contributed by atoms with E-state index in [1.807, 2.05) is 24.8 Å². The van der Waals surface area contributed by atoms with E-state index in [1.54, 1.807) is 12.4 Å². The normalized spacial score (nSPS) is 24.1. The molecule has 0 aromatic carbocycles. The summed E-state index contributed by atoms with van der Waals surface area (Å²) in [5.74, 6) is 0.455. The Morgan fingerprint density at radius 3 is 2.79 bits per heavy atom. The number of aryl methyl sites for hydroxylation is 1. The fraction of sp³-hybridized carbons (Fsp3) is 0.526. The van der Waals surface area contributed by atoms with Crippen LogP contribution in [0.5, 0.6) is 0 Å². The molecule has 9 heteroatoms. The van der Waals surface area contributed by atoms with Crippen molar-refractivity contribution in [2.45, 2.75) is 48.8 Å². The van der Waals surface area contributed by atoms with Gasteiger partial charge in [0.25, 0.3) is 5.56 Å². The fourth-order valence-corrected chi connectivity index (χ4v) is 5.09. The van der Waals surface area contributed by atoms with Crippen LogP contribution in [-0.4, -0.2) is 46.8 Å². The van der Waals surface area contributed by atoms with Crippen molar-refractivity contribution in [3.8, 4) is 0 Å². The van der Waals surface area contributed by atoms with E-state index in [9.17, 15) is 4.79 Å². The number of pyridine rings is 1. The second-order valence-electron chi connectivity index (χ2n) is 7.60. The number of aromatic nitrogens is 3. The summed E-state index contributed by atoms with van der Waals surface area (Å²) in [4.78, 5) is 27.0. The third-order valence-electron chi connectivity index (χ3n) is 5.90. The van der Waals surface area contributed by atoms with Crippen LogP contribution in [-0.2, 0) is 4.74 Å². The minimum atomic E-state index is -0.191. The van der Waals surface area contributed by atoms with Gasteiger partial charge in [0.2, 0.25) is 0 Å². The van der Waals surface area contributed by atoms with Crippen LogP contribution in [0.3, 0.4) is 0 Å². The summed E-state index contributed by atoms with van der Waals surface area (Å²) < 4.78 is 5.77. The molecule has 0 radical (unpaired) electrons. The van der Waals surface area contributed by atoms with Crippen LogP contribution in [0.15, 0.2) is 33.2 Å². The van der Waals surface area contributed by atoms with E-state index in [1.165, 1.54) is 11.8 Å². The van der Waals surface area contributed by atoms with Crippen LogP contribution in [0.4, 0.5) is 5.82 Å². The number of halogens is 1. The first-order chi connectivity index (χ1) is 13.4. The number of nitrogens with one attached hydrogen (secondary N) is 1. The lowest BCUT2D eigenvalue weighted by atomic mass is 9.73. The molecule has 150 valence electrons. The SMILES string of the molecule is Cc1nccc(Sc2cnc(N3CCC4(CC3)CO[C@@H](C)[C@H]4N)c(=O)[nH]2)c1Cl. The van der Waals surface area contributed by atoms with Gasteiger partial charge < -0.3 is 20.4 Å². The molecule has 28 heavy (non-hydrogen) atoms. The maximum absolute atomic E-state index is 12.6. The molecule has 0 amide bonds. The van der Waals surface area contributed by atoms with Gasteiger partial charge in [-0.15, -0.1) is 0 Å². The number of aromatic amines is 1. The van der Waals surface area contributed by atoms with Crippen molar-refractivity contribution in [3.63, 3.8) is 0 Å². The predicted molar refractivity (Wildman–Crippen MR) is 110 cm³/mol. The van der Waals surface area contributed by atoms with Gasteiger partial charge in [0, 0.05) is 35.6 Å². The van der Waals surface area contributed by atoms with Gasteiger partial charge in [-0.1, -0.05) is 23.4 Å². The molecule has 2 saturated heterocycles. The Balaban J connectivity index is 1.47. The molecule has 4 heterocycles. The zero-order chi connectivity index (χ0) is 19.9. The summed E-state index contributed by atoms with van der Waals surface area (Å²) in [5.41, 5.74) is 6.96. The van der Waals surface area contributed by atoms with Crippen LogP contribution in [0.1, 0.15) is 25.5 Å². The second-order valence-corrected chi connectivity index (χ2v) is 9.06. The van der Waals surface area contributed by atoms with Crippen molar-refractivity contribution < 1.29 is 4.74 Å². The van der Waals surface area contributed by atoms with Crippen LogP contribution in [0, 0.1) is 12.3 Å². The maximum atomic E-state index is 12.6. The molecule has 2 fully saturated rings. The molecule has 0 unspecified atom stereocenters. The third kappa shape index (κ3) is 3.54. The monoisotopic (exact) mass is 421 g/mol. The summed E-state index contributed by atoms with van der Waals surface area (Å²) in [6.45, 7) is 6.09. The van der Waals surface area contributed by atoms with E-state index >= 15 is 0 Å². The lowest BCUT2D eigenvalue weighted by molar-refractivity contribution is 0.0974. The summed E-state index contributed by atoms with van der Waals surface area (Å²) >= 11 is 7.66.